The molecule has 1 heterocycles. The van der Waals surface area contributed by atoms with Gasteiger partial charge in [-0.1, -0.05) is 84.1 Å². The molecule has 4 rings (SSSR count). The van der Waals surface area contributed by atoms with Crippen LogP contribution in [-0.2, 0) is 50.2 Å². The maximum Gasteiger partial charge on any atom is 0.242 e. The van der Waals surface area contributed by atoms with Crippen molar-refractivity contribution in [2.24, 2.45) is 5.73 Å². The van der Waals surface area contributed by atoms with Crippen molar-refractivity contribution in [3.8, 4) is 5.75 Å². The lowest BCUT2D eigenvalue weighted by atomic mass is 10.2. The summed E-state index contributed by atoms with van der Waals surface area (Å²) in [5.74, 6) is -1.06. The van der Waals surface area contributed by atoms with Crippen molar-refractivity contribution in [2.45, 2.75) is 32.7 Å². The number of nitrogens with zero attached hydrogens (tertiary/aromatic N) is 7. The van der Waals surface area contributed by atoms with Crippen molar-refractivity contribution < 1.29 is 28.7 Å². The third-order valence-corrected chi connectivity index (χ3v) is 8.07. The van der Waals surface area contributed by atoms with Crippen LogP contribution in [0, 0.1) is 0 Å². The van der Waals surface area contributed by atoms with Crippen LogP contribution < -0.4 is 10.5 Å². The second kappa shape index (κ2) is 20.9. The Hall–Kier alpha value is -5.60. The van der Waals surface area contributed by atoms with E-state index in [4.69, 9.17) is 15.2 Å². The van der Waals surface area contributed by atoms with E-state index in [0.717, 1.165) is 16.9 Å². The monoisotopic (exact) mass is 712 g/mol. The summed E-state index contributed by atoms with van der Waals surface area (Å²) in [7, 11) is 3.35. The quantitative estimate of drug-likeness (QED) is 0.129. The van der Waals surface area contributed by atoms with Gasteiger partial charge in [0.1, 0.15) is 18.1 Å². The van der Waals surface area contributed by atoms with E-state index in [1.165, 1.54) is 21.8 Å². The number of benzene rings is 3. The van der Waals surface area contributed by atoms with Crippen LogP contribution in [0.3, 0.4) is 0 Å². The lowest BCUT2D eigenvalue weighted by Gasteiger charge is -2.30. The summed E-state index contributed by atoms with van der Waals surface area (Å²) in [5, 5.41) is 8.39. The van der Waals surface area contributed by atoms with E-state index in [9.17, 15) is 19.2 Å². The van der Waals surface area contributed by atoms with Crippen LogP contribution in [0.2, 0.25) is 0 Å². The molecule has 3 aromatic carbocycles. The predicted molar refractivity (Wildman–Crippen MR) is 194 cm³/mol. The number of methoxy groups -OCH3 is 1. The fourth-order valence-corrected chi connectivity index (χ4v) is 5.43. The van der Waals surface area contributed by atoms with E-state index in [0.29, 0.717) is 25.2 Å². The zero-order valence-electron chi connectivity index (χ0n) is 29.9. The standard InChI is InChI=1S/C38H48N8O6/c1-42(23-31-13-6-3-7-14-31)27-36(48)43(19-12-20-46-25-33(40-41-46)30-52-34-17-10-5-11-18-34)28-37(49)44(21-22-51-2)29-38(50)45(26-35(39)47)24-32-15-8-4-9-16-32/h3-11,13-18,25H,12,19-24,26-30H2,1-2H3,(H2,39,47). The number of primary amides is 1. The Balaban J connectivity index is 1.43. The second-order valence-electron chi connectivity index (χ2n) is 12.4. The minimum Gasteiger partial charge on any atom is -0.487 e. The van der Waals surface area contributed by atoms with Gasteiger partial charge >= 0.3 is 0 Å². The van der Waals surface area contributed by atoms with Gasteiger partial charge in [-0.15, -0.1) is 5.10 Å². The van der Waals surface area contributed by atoms with Gasteiger partial charge in [0.15, 0.2) is 0 Å². The van der Waals surface area contributed by atoms with Gasteiger partial charge in [0, 0.05) is 39.8 Å². The number of ether oxygens (including phenoxy) is 2. The van der Waals surface area contributed by atoms with E-state index in [1.54, 1.807) is 10.9 Å². The first kappa shape index (κ1) is 39.2. The number of aryl methyl sites for hydroxylation is 1. The molecule has 4 aromatic rings. The molecule has 0 aliphatic heterocycles. The number of carbonyl (C=O) groups is 4. The molecule has 0 aliphatic rings. The normalized spacial score (nSPS) is 10.9. The van der Waals surface area contributed by atoms with Crippen LogP contribution in [0.25, 0.3) is 0 Å². The second-order valence-corrected chi connectivity index (χ2v) is 12.4. The average molecular weight is 713 g/mol. The third kappa shape index (κ3) is 13.6. The predicted octanol–water partition coefficient (Wildman–Crippen LogP) is 2.20. The number of hydrogen-bond acceptors (Lipinski definition) is 9. The average Bonchev–Trinajstić information content (AvgIpc) is 3.60. The summed E-state index contributed by atoms with van der Waals surface area (Å²) < 4.78 is 12.7. The van der Waals surface area contributed by atoms with Gasteiger partial charge in [-0.3, -0.25) is 28.8 Å². The maximum atomic E-state index is 13.9. The molecular formula is C38H48N8O6. The number of nitrogens with two attached hydrogens (primary N) is 1. The molecule has 4 amide bonds. The highest BCUT2D eigenvalue weighted by Gasteiger charge is 2.26. The number of carbonyl (C=O) groups excluding carboxylic acids is 4. The minimum atomic E-state index is -0.668. The summed E-state index contributed by atoms with van der Waals surface area (Å²) in [4.78, 5) is 59.1. The first-order valence-corrected chi connectivity index (χ1v) is 17.1. The lowest BCUT2D eigenvalue weighted by molar-refractivity contribution is -0.145. The van der Waals surface area contributed by atoms with Crippen LogP contribution in [0.1, 0.15) is 23.2 Å². The topological polar surface area (TPSA) is 156 Å². The summed E-state index contributed by atoms with van der Waals surface area (Å²) in [6.07, 6.45) is 2.28. The molecule has 0 bridgehead atoms. The molecule has 276 valence electrons. The van der Waals surface area contributed by atoms with Crippen LogP contribution in [0.5, 0.6) is 5.75 Å². The minimum absolute atomic E-state index is 0.0763. The molecule has 0 aliphatic carbocycles. The van der Waals surface area contributed by atoms with Crippen molar-refractivity contribution in [1.82, 2.24) is 34.6 Å². The Morgan fingerprint density at radius 2 is 1.27 bits per heavy atom. The maximum absolute atomic E-state index is 13.9. The zero-order valence-corrected chi connectivity index (χ0v) is 29.9. The zero-order chi connectivity index (χ0) is 37.1. The molecule has 0 unspecified atom stereocenters. The largest absolute Gasteiger partial charge is 0.487 e. The van der Waals surface area contributed by atoms with Crippen molar-refractivity contribution in [3.05, 3.63) is 114 Å². The van der Waals surface area contributed by atoms with Gasteiger partial charge in [-0.05, 0) is 36.7 Å². The molecule has 0 saturated heterocycles. The van der Waals surface area contributed by atoms with Crippen molar-refractivity contribution in [3.63, 3.8) is 0 Å². The van der Waals surface area contributed by atoms with Gasteiger partial charge < -0.3 is 29.9 Å². The first-order valence-electron chi connectivity index (χ1n) is 17.1. The SMILES string of the molecule is COCCN(CC(=O)N(CC(N)=O)Cc1ccccc1)C(=O)CN(CCCn1cc(COc2ccccc2)nn1)C(=O)CN(C)Cc1ccccc1. The Labute approximate surface area is 304 Å². The van der Waals surface area contributed by atoms with E-state index < -0.39 is 17.7 Å². The van der Waals surface area contributed by atoms with Gasteiger partial charge in [-0.25, -0.2) is 0 Å². The molecule has 14 nitrogen and oxygen atoms in total. The van der Waals surface area contributed by atoms with Crippen LogP contribution in [0.15, 0.2) is 97.2 Å². The summed E-state index contributed by atoms with van der Waals surface area (Å²) >= 11 is 0. The number of amides is 4. The van der Waals surface area contributed by atoms with E-state index in [2.05, 4.69) is 10.3 Å². The highest BCUT2D eigenvalue weighted by molar-refractivity contribution is 5.90. The van der Waals surface area contributed by atoms with Crippen molar-refractivity contribution in [1.29, 1.82) is 0 Å². The highest BCUT2D eigenvalue weighted by atomic mass is 16.5. The first-order chi connectivity index (χ1) is 25.2. The molecule has 0 saturated carbocycles. The molecule has 0 atom stereocenters. The van der Waals surface area contributed by atoms with E-state index in [1.807, 2.05) is 103 Å². The molecule has 0 radical (unpaired) electrons. The Morgan fingerprint density at radius 1 is 0.712 bits per heavy atom. The lowest BCUT2D eigenvalue weighted by Crippen LogP contribution is -2.50. The van der Waals surface area contributed by atoms with Crippen LogP contribution >= 0.6 is 0 Å². The number of para-hydroxylation sites is 1. The molecule has 0 fully saturated rings. The van der Waals surface area contributed by atoms with Crippen LogP contribution in [-0.4, -0.2) is 118 Å². The number of aromatic nitrogens is 3. The molecule has 52 heavy (non-hydrogen) atoms. The third-order valence-electron chi connectivity index (χ3n) is 8.07. The molecule has 0 spiro atoms. The fourth-order valence-electron chi connectivity index (χ4n) is 5.43. The smallest absolute Gasteiger partial charge is 0.242 e. The fraction of sp³-hybridized carbons (Fsp3) is 0.368. The Kier molecular flexibility index (Phi) is 15.8. The van der Waals surface area contributed by atoms with Gasteiger partial charge in [0.05, 0.1) is 39.0 Å². The van der Waals surface area contributed by atoms with Gasteiger partial charge in [0.2, 0.25) is 23.6 Å². The van der Waals surface area contributed by atoms with E-state index in [-0.39, 0.29) is 64.9 Å². The summed E-state index contributed by atoms with van der Waals surface area (Å²) in [6, 6.07) is 28.4. The van der Waals surface area contributed by atoms with Gasteiger partial charge in [-0.2, -0.15) is 0 Å². The summed E-state index contributed by atoms with van der Waals surface area (Å²) in [5.41, 5.74) is 8.00. The molecular weight excluding hydrogens is 664 g/mol. The molecule has 2 N–H and O–H groups in total. The van der Waals surface area contributed by atoms with E-state index >= 15 is 0 Å². The molecule has 14 heteroatoms. The van der Waals surface area contributed by atoms with Gasteiger partial charge in [0.25, 0.3) is 0 Å². The Morgan fingerprint density at radius 3 is 1.88 bits per heavy atom. The van der Waals surface area contributed by atoms with Crippen molar-refractivity contribution in [2.75, 3.05) is 60.0 Å². The number of rotatable bonds is 22. The van der Waals surface area contributed by atoms with Crippen LogP contribution in [0.4, 0.5) is 0 Å². The summed E-state index contributed by atoms with van der Waals surface area (Å²) in [6.45, 7) is 1.15. The highest BCUT2D eigenvalue weighted by Crippen LogP contribution is 2.11. The molecule has 1 aromatic heterocycles. The Bertz CT molecular complexity index is 1690. The number of hydrogen-bond donors (Lipinski definition) is 1. The van der Waals surface area contributed by atoms with Crippen molar-refractivity contribution >= 4 is 23.6 Å². The number of likely N-dealkylation sites (N-methyl/N-ethyl adjacent to an activating group) is 1.